The third kappa shape index (κ3) is 5.63. The Bertz CT molecular complexity index is 774. The van der Waals surface area contributed by atoms with Gasteiger partial charge in [-0.05, 0) is 30.7 Å². The van der Waals surface area contributed by atoms with E-state index in [0.717, 1.165) is 4.90 Å². The highest BCUT2D eigenvalue weighted by Crippen LogP contribution is 2.12. The van der Waals surface area contributed by atoms with Crippen LogP contribution in [-0.2, 0) is 19.1 Å². The molecule has 0 saturated carbocycles. The molecule has 0 aliphatic carbocycles. The lowest BCUT2D eigenvalue weighted by Crippen LogP contribution is -2.32. The van der Waals surface area contributed by atoms with Gasteiger partial charge in [0.05, 0.1) is 0 Å². The van der Waals surface area contributed by atoms with Gasteiger partial charge in [-0.15, -0.1) is 0 Å². The monoisotopic (exact) mass is 389 g/mol. The molecule has 2 rings (SSSR count). The van der Waals surface area contributed by atoms with E-state index >= 15 is 0 Å². The van der Waals surface area contributed by atoms with Gasteiger partial charge in [-0.1, -0.05) is 6.92 Å². The summed E-state index contributed by atoms with van der Waals surface area (Å²) in [4.78, 5) is 60.9. The van der Waals surface area contributed by atoms with Gasteiger partial charge in [-0.2, -0.15) is 0 Å². The first kappa shape index (κ1) is 21.1. The Balaban J connectivity index is 1.72. The quantitative estimate of drug-likeness (QED) is 0.388. The third-order valence-corrected chi connectivity index (χ3v) is 4.17. The maximum absolute atomic E-state index is 12.1. The fraction of sp³-hybridized carbons (Fsp3) is 0.421. The van der Waals surface area contributed by atoms with Gasteiger partial charge < -0.3 is 15.0 Å². The molecule has 1 N–H and O–H groups in total. The Morgan fingerprint density at radius 3 is 2.39 bits per heavy atom. The van der Waals surface area contributed by atoms with Crippen molar-refractivity contribution in [1.82, 2.24) is 9.80 Å². The van der Waals surface area contributed by atoms with Gasteiger partial charge in [0.2, 0.25) is 11.8 Å². The lowest BCUT2D eigenvalue weighted by atomic mass is 10.1. The van der Waals surface area contributed by atoms with Crippen molar-refractivity contribution < 1.29 is 28.7 Å². The molecule has 28 heavy (non-hydrogen) atoms. The smallest absolute Gasteiger partial charge is 0.326 e. The molecule has 1 saturated heterocycles. The summed E-state index contributed by atoms with van der Waals surface area (Å²) >= 11 is 0. The molecule has 1 aromatic carbocycles. The van der Waals surface area contributed by atoms with Gasteiger partial charge in [-0.25, -0.2) is 4.79 Å². The number of ketones is 1. The number of benzene rings is 1. The van der Waals surface area contributed by atoms with Gasteiger partial charge in [0.25, 0.3) is 0 Å². The van der Waals surface area contributed by atoms with E-state index in [4.69, 9.17) is 4.74 Å². The van der Waals surface area contributed by atoms with Crippen LogP contribution in [0.2, 0.25) is 0 Å². The molecule has 4 amide bonds. The van der Waals surface area contributed by atoms with E-state index in [1.807, 2.05) is 0 Å². The summed E-state index contributed by atoms with van der Waals surface area (Å²) < 4.78 is 4.95. The molecule has 0 unspecified atom stereocenters. The van der Waals surface area contributed by atoms with Crippen LogP contribution in [0.3, 0.4) is 0 Å². The summed E-state index contributed by atoms with van der Waals surface area (Å²) in [6.45, 7) is 1.51. The van der Waals surface area contributed by atoms with Crippen LogP contribution in [0.15, 0.2) is 24.3 Å². The highest BCUT2D eigenvalue weighted by atomic mass is 16.5. The zero-order valence-corrected chi connectivity index (χ0v) is 15.9. The molecule has 9 heteroatoms. The zero-order valence-electron chi connectivity index (χ0n) is 15.9. The van der Waals surface area contributed by atoms with Gasteiger partial charge >= 0.3 is 12.0 Å². The number of Topliss-reactive ketones (excluding diaryl/α,β-unsaturated/α-hetero) is 1. The second-order valence-corrected chi connectivity index (χ2v) is 6.35. The van der Waals surface area contributed by atoms with Crippen LogP contribution in [0.1, 0.15) is 36.5 Å². The number of hydrogen-bond donors (Lipinski definition) is 1. The minimum atomic E-state index is -0.576. The van der Waals surface area contributed by atoms with E-state index in [1.54, 1.807) is 31.2 Å². The SMILES string of the molecule is CCC(=O)Nc1ccc(C(=O)COC(=O)CCCN2C(=O)CN(C)C2=O)cc1. The molecule has 1 heterocycles. The number of ether oxygens (including phenoxy) is 1. The molecule has 0 atom stereocenters. The molecular formula is C19H23N3O6. The summed E-state index contributed by atoms with van der Waals surface area (Å²) in [5.74, 6) is -1.37. The lowest BCUT2D eigenvalue weighted by molar-refractivity contribution is -0.143. The van der Waals surface area contributed by atoms with Crippen LogP contribution in [0.5, 0.6) is 0 Å². The van der Waals surface area contributed by atoms with E-state index in [1.165, 1.54) is 11.9 Å². The molecule has 1 aliphatic rings. The minimum absolute atomic E-state index is 0.00393. The molecular weight excluding hydrogens is 366 g/mol. The maximum atomic E-state index is 12.1. The van der Waals surface area contributed by atoms with Crippen molar-refractivity contribution in [3.63, 3.8) is 0 Å². The number of likely N-dealkylation sites (N-methyl/N-ethyl adjacent to an activating group) is 1. The van der Waals surface area contributed by atoms with Gasteiger partial charge in [0, 0.05) is 37.7 Å². The Morgan fingerprint density at radius 2 is 1.82 bits per heavy atom. The van der Waals surface area contributed by atoms with Crippen LogP contribution >= 0.6 is 0 Å². The average Bonchev–Trinajstić information content (AvgIpc) is 2.92. The summed E-state index contributed by atoms with van der Waals surface area (Å²) in [6, 6.07) is 5.91. The Morgan fingerprint density at radius 1 is 1.14 bits per heavy atom. The first-order valence-electron chi connectivity index (χ1n) is 8.96. The Kier molecular flexibility index (Phi) is 7.25. The van der Waals surface area contributed by atoms with E-state index in [0.29, 0.717) is 17.7 Å². The molecule has 9 nitrogen and oxygen atoms in total. The zero-order chi connectivity index (χ0) is 20.7. The van der Waals surface area contributed by atoms with Crippen LogP contribution < -0.4 is 5.32 Å². The first-order chi connectivity index (χ1) is 13.3. The van der Waals surface area contributed by atoms with E-state index in [-0.39, 0.29) is 49.6 Å². The number of carbonyl (C=O) groups is 5. The number of nitrogens with zero attached hydrogens (tertiary/aromatic N) is 2. The topological polar surface area (TPSA) is 113 Å². The van der Waals surface area contributed by atoms with Crippen molar-refractivity contribution in [3.8, 4) is 0 Å². The average molecular weight is 389 g/mol. The standard InChI is InChI=1S/C19H23N3O6/c1-3-16(24)20-14-8-6-13(7-9-14)15(23)12-28-18(26)5-4-10-22-17(25)11-21(2)19(22)27/h6-9H,3-5,10-12H2,1-2H3,(H,20,24). The molecule has 1 fully saturated rings. The largest absolute Gasteiger partial charge is 0.457 e. The number of imide groups is 1. The normalized spacial score (nSPS) is 13.6. The number of anilines is 1. The van der Waals surface area contributed by atoms with Crippen molar-refractivity contribution in [2.24, 2.45) is 0 Å². The van der Waals surface area contributed by atoms with E-state index in [9.17, 15) is 24.0 Å². The predicted octanol–water partition coefficient (Wildman–Crippen LogP) is 1.44. The number of nitrogens with one attached hydrogen (secondary N) is 1. The van der Waals surface area contributed by atoms with Crippen LogP contribution in [-0.4, -0.2) is 66.1 Å². The summed E-state index contributed by atoms with van der Waals surface area (Å²) in [7, 11) is 1.53. The van der Waals surface area contributed by atoms with Gasteiger partial charge in [0.1, 0.15) is 6.54 Å². The Labute approximate surface area is 162 Å². The second kappa shape index (κ2) is 9.63. The molecule has 0 bridgehead atoms. The summed E-state index contributed by atoms with van der Waals surface area (Å²) in [5, 5.41) is 2.67. The predicted molar refractivity (Wildman–Crippen MR) is 99.6 cm³/mol. The van der Waals surface area contributed by atoms with Crippen molar-refractivity contribution >= 4 is 35.3 Å². The van der Waals surface area contributed by atoms with E-state index in [2.05, 4.69) is 5.32 Å². The number of carbonyl (C=O) groups excluding carboxylic acids is 5. The molecule has 0 radical (unpaired) electrons. The fourth-order valence-electron chi connectivity index (χ4n) is 2.56. The number of urea groups is 1. The maximum Gasteiger partial charge on any atom is 0.326 e. The van der Waals surface area contributed by atoms with Crippen molar-refractivity contribution in [1.29, 1.82) is 0 Å². The fourth-order valence-corrected chi connectivity index (χ4v) is 2.56. The van der Waals surface area contributed by atoms with Crippen LogP contribution in [0, 0.1) is 0 Å². The van der Waals surface area contributed by atoms with Crippen LogP contribution in [0.25, 0.3) is 0 Å². The second-order valence-electron chi connectivity index (χ2n) is 6.35. The number of rotatable bonds is 9. The lowest BCUT2D eigenvalue weighted by Gasteiger charge is -2.13. The van der Waals surface area contributed by atoms with Crippen molar-refractivity contribution in [3.05, 3.63) is 29.8 Å². The Hall–Kier alpha value is -3.23. The third-order valence-electron chi connectivity index (χ3n) is 4.17. The molecule has 1 aromatic rings. The molecule has 0 aromatic heterocycles. The summed E-state index contributed by atoms with van der Waals surface area (Å²) in [5.41, 5.74) is 0.940. The van der Waals surface area contributed by atoms with Crippen LogP contribution in [0.4, 0.5) is 10.5 Å². The van der Waals surface area contributed by atoms with Gasteiger partial charge in [0.15, 0.2) is 12.4 Å². The molecule has 0 spiro atoms. The number of esters is 1. The molecule has 150 valence electrons. The highest BCUT2D eigenvalue weighted by Gasteiger charge is 2.32. The number of amides is 4. The minimum Gasteiger partial charge on any atom is -0.457 e. The highest BCUT2D eigenvalue weighted by molar-refractivity contribution is 6.02. The summed E-state index contributed by atoms with van der Waals surface area (Å²) in [6.07, 6.45) is 0.619. The molecule has 1 aliphatic heterocycles. The first-order valence-corrected chi connectivity index (χ1v) is 8.96. The number of hydrogen-bond acceptors (Lipinski definition) is 6. The van der Waals surface area contributed by atoms with Gasteiger partial charge in [-0.3, -0.25) is 24.1 Å². The van der Waals surface area contributed by atoms with Crippen molar-refractivity contribution in [2.45, 2.75) is 26.2 Å². The van der Waals surface area contributed by atoms with Crippen molar-refractivity contribution in [2.75, 3.05) is 32.1 Å². The van der Waals surface area contributed by atoms with E-state index < -0.39 is 12.6 Å².